The van der Waals surface area contributed by atoms with Gasteiger partial charge in [-0.3, -0.25) is 4.79 Å². The lowest BCUT2D eigenvalue weighted by molar-refractivity contribution is -0.133. The van der Waals surface area contributed by atoms with E-state index in [-0.39, 0.29) is 11.8 Å². The van der Waals surface area contributed by atoms with Gasteiger partial charge in [0.2, 0.25) is 5.91 Å². The van der Waals surface area contributed by atoms with Crippen LogP contribution in [0.5, 0.6) is 0 Å². The largest absolute Gasteiger partial charge is 0.467 e. The van der Waals surface area contributed by atoms with E-state index in [0.29, 0.717) is 13.1 Å². The zero-order chi connectivity index (χ0) is 18.2. The van der Waals surface area contributed by atoms with E-state index in [1.165, 1.54) is 5.56 Å². The second kappa shape index (κ2) is 9.04. The highest BCUT2D eigenvalue weighted by Gasteiger charge is 2.25. The van der Waals surface area contributed by atoms with Crippen LogP contribution in [-0.2, 0) is 17.8 Å². The monoisotopic (exact) mass is 347 g/mol. The number of nitrogens with zero attached hydrogens (tertiary/aromatic N) is 1. The smallest absolute Gasteiger partial charge is 0.230 e. The average Bonchev–Trinajstić information content (AvgIpc) is 3.20. The van der Waals surface area contributed by atoms with Gasteiger partial charge in [-0.15, -0.1) is 0 Å². The molecule has 0 unspecified atom stereocenters. The zero-order valence-electron chi connectivity index (χ0n) is 15.2. The van der Waals surface area contributed by atoms with Gasteiger partial charge in [-0.25, -0.2) is 0 Å². The Morgan fingerprint density at radius 2 is 1.65 bits per heavy atom. The predicted molar refractivity (Wildman–Crippen MR) is 104 cm³/mol. The minimum absolute atomic E-state index is 0.123. The van der Waals surface area contributed by atoms with Gasteiger partial charge in [-0.2, -0.15) is 0 Å². The number of rotatable bonds is 8. The first-order chi connectivity index (χ1) is 12.8. The van der Waals surface area contributed by atoms with Gasteiger partial charge >= 0.3 is 0 Å². The van der Waals surface area contributed by atoms with E-state index < -0.39 is 0 Å². The molecule has 2 aromatic carbocycles. The Kier molecular flexibility index (Phi) is 6.26. The molecule has 0 spiro atoms. The molecule has 1 amide bonds. The number of carbonyl (C=O) groups is 1. The normalized spacial score (nSPS) is 11.9. The first kappa shape index (κ1) is 18.0. The molecular formula is C23H25NO2. The summed E-state index contributed by atoms with van der Waals surface area (Å²) in [7, 11) is 0. The fraction of sp³-hybridized carbons (Fsp3) is 0.261. The fourth-order valence-corrected chi connectivity index (χ4v) is 3.23. The van der Waals surface area contributed by atoms with Gasteiger partial charge in [0.05, 0.1) is 18.7 Å². The standard InChI is InChI=1S/C23H25NO2/c1-2-22(20-12-7-4-8-13-20)23(25)24(18-21-14-9-17-26-21)16-15-19-10-5-3-6-11-19/h3-14,17,22H,2,15-16,18H2,1H3/t22-/m0/s1. The Bertz CT molecular complexity index is 782. The molecular weight excluding hydrogens is 322 g/mol. The highest BCUT2D eigenvalue weighted by atomic mass is 16.3. The van der Waals surface area contributed by atoms with Crippen LogP contribution in [0.2, 0.25) is 0 Å². The van der Waals surface area contributed by atoms with Crippen LogP contribution in [0.1, 0.15) is 36.1 Å². The van der Waals surface area contributed by atoms with Crippen LogP contribution >= 0.6 is 0 Å². The lowest BCUT2D eigenvalue weighted by atomic mass is 9.94. The van der Waals surface area contributed by atoms with Crippen molar-refractivity contribution in [2.24, 2.45) is 0 Å². The first-order valence-corrected chi connectivity index (χ1v) is 9.18. The van der Waals surface area contributed by atoms with Crippen LogP contribution in [0.25, 0.3) is 0 Å². The van der Waals surface area contributed by atoms with Gasteiger partial charge in [0.25, 0.3) is 0 Å². The van der Waals surface area contributed by atoms with Crippen molar-refractivity contribution in [1.29, 1.82) is 0 Å². The third-order valence-corrected chi connectivity index (χ3v) is 4.66. The van der Waals surface area contributed by atoms with Crippen molar-refractivity contribution in [1.82, 2.24) is 4.90 Å². The summed E-state index contributed by atoms with van der Waals surface area (Å²) in [6, 6.07) is 24.1. The number of furan rings is 1. The summed E-state index contributed by atoms with van der Waals surface area (Å²) in [6.45, 7) is 3.24. The van der Waals surface area contributed by atoms with E-state index in [1.807, 2.05) is 65.6 Å². The molecule has 0 bridgehead atoms. The van der Waals surface area contributed by atoms with E-state index in [0.717, 1.165) is 24.2 Å². The summed E-state index contributed by atoms with van der Waals surface area (Å²) in [5.74, 6) is 0.849. The van der Waals surface area contributed by atoms with Gasteiger partial charge in [0.1, 0.15) is 5.76 Å². The summed E-state index contributed by atoms with van der Waals surface area (Å²) in [6.07, 6.45) is 3.27. The second-order valence-electron chi connectivity index (χ2n) is 6.45. The van der Waals surface area contributed by atoms with E-state index in [9.17, 15) is 4.79 Å². The number of carbonyl (C=O) groups excluding carboxylic acids is 1. The van der Waals surface area contributed by atoms with Gasteiger partial charge in [-0.1, -0.05) is 67.6 Å². The Morgan fingerprint density at radius 1 is 0.962 bits per heavy atom. The van der Waals surface area contributed by atoms with Crippen LogP contribution in [-0.4, -0.2) is 17.4 Å². The van der Waals surface area contributed by atoms with E-state index in [1.54, 1.807) is 6.26 Å². The molecule has 0 saturated heterocycles. The maximum Gasteiger partial charge on any atom is 0.230 e. The van der Waals surface area contributed by atoms with Crippen LogP contribution < -0.4 is 0 Å². The van der Waals surface area contributed by atoms with Crippen molar-refractivity contribution in [3.05, 3.63) is 95.9 Å². The molecule has 1 aromatic heterocycles. The maximum absolute atomic E-state index is 13.3. The lowest BCUT2D eigenvalue weighted by Crippen LogP contribution is -2.36. The van der Waals surface area contributed by atoms with Gasteiger partial charge in [-0.05, 0) is 36.1 Å². The minimum atomic E-state index is -0.123. The molecule has 1 heterocycles. The molecule has 0 radical (unpaired) electrons. The SMILES string of the molecule is CC[C@H](C(=O)N(CCc1ccccc1)Cc1ccco1)c1ccccc1. The van der Waals surface area contributed by atoms with Crippen molar-refractivity contribution in [2.75, 3.05) is 6.54 Å². The maximum atomic E-state index is 13.3. The Morgan fingerprint density at radius 3 is 2.27 bits per heavy atom. The van der Waals surface area contributed by atoms with Crippen LogP contribution in [0.3, 0.4) is 0 Å². The zero-order valence-corrected chi connectivity index (χ0v) is 15.2. The molecule has 3 aromatic rings. The van der Waals surface area contributed by atoms with Crippen molar-refractivity contribution >= 4 is 5.91 Å². The van der Waals surface area contributed by atoms with Crippen molar-refractivity contribution in [2.45, 2.75) is 32.2 Å². The summed E-state index contributed by atoms with van der Waals surface area (Å²) in [5.41, 5.74) is 2.31. The average molecular weight is 347 g/mol. The first-order valence-electron chi connectivity index (χ1n) is 9.18. The Labute approximate surface area is 155 Å². The summed E-state index contributed by atoms with van der Waals surface area (Å²) in [4.78, 5) is 15.2. The molecule has 0 aliphatic carbocycles. The van der Waals surface area contributed by atoms with Crippen LogP contribution in [0, 0.1) is 0 Å². The number of amides is 1. The molecule has 3 rings (SSSR count). The fourth-order valence-electron chi connectivity index (χ4n) is 3.23. The lowest BCUT2D eigenvalue weighted by Gasteiger charge is -2.26. The van der Waals surface area contributed by atoms with Gasteiger partial charge in [0, 0.05) is 6.54 Å². The number of hydrogen-bond acceptors (Lipinski definition) is 2. The second-order valence-corrected chi connectivity index (χ2v) is 6.45. The third-order valence-electron chi connectivity index (χ3n) is 4.66. The van der Waals surface area contributed by atoms with Gasteiger partial charge < -0.3 is 9.32 Å². The topological polar surface area (TPSA) is 33.5 Å². The summed E-state index contributed by atoms with van der Waals surface area (Å²) < 4.78 is 5.49. The highest BCUT2D eigenvalue weighted by Crippen LogP contribution is 2.23. The van der Waals surface area contributed by atoms with Crippen LogP contribution in [0.15, 0.2) is 83.5 Å². The Balaban J connectivity index is 1.77. The molecule has 3 heteroatoms. The predicted octanol–water partition coefficient (Wildman–Crippen LogP) is 5.04. The summed E-state index contributed by atoms with van der Waals surface area (Å²) >= 11 is 0. The van der Waals surface area contributed by atoms with Gasteiger partial charge in [0.15, 0.2) is 0 Å². The molecule has 134 valence electrons. The van der Waals surface area contributed by atoms with Crippen molar-refractivity contribution < 1.29 is 9.21 Å². The van der Waals surface area contributed by atoms with Crippen molar-refractivity contribution in [3.8, 4) is 0 Å². The highest BCUT2D eigenvalue weighted by molar-refractivity contribution is 5.83. The quantitative estimate of drug-likeness (QED) is 0.572. The number of hydrogen-bond donors (Lipinski definition) is 0. The van der Waals surface area contributed by atoms with E-state index in [2.05, 4.69) is 19.1 Å². The molecule has 0 aliphatic rings. The molecule has 0 aliphatic heterocycles. The Hall–Kier alpha value is -2.81. The third kappa shape index (κ3) is 4.63. The molecule has 0 saturated carbocycles. The molecule has 0 fully saturated rings. The molecule has 0 N–H and O–H groups in total. The molecule has 26 heavy (non-hydrogen) atoms. The summed E-state index contributed by atoms with van der Waals surface area (Å²) in [5, 5.41) is 0. The van der Waals surface area contributed by atoms with Crippen molar-refractivity contribution in [3.63, 3.8) is 0 Å². The van der Waals surface area contributed by atoms with E-state index >= 15 is 0 Å². The minimum Gasteiger partial charge on any atom is -0.467 e. The molecule has 3 nitrogen and oxygen atoms in total. The molecule has 1 atom stereocenters. The van der Waals surface area contributed by atoms with E-state index in [4.69, 9.17) is 4.42 Å². The number of benzene rings is 2. The van der Waals surface area contributed by atoms with Crippen LogP contribution in [0.4, 0.5) is 0 Å².